The lowest BCUT2D eigenvalue weighted by atomic mass is 10.2. The third kappa shape index (κ3) is 3.11. The summed E-state index contributed by atoms with van der Waals surface area (Å²) in [4.78, 5) is 16.4. The first kappa shape index (κ1) is 16.5. The topological polar surface area (TPSA) is 99.7 Å². The van der Waals surface area contributed by atoms with Gasteiger partial charge < -0.3 is 15.2 Å². The highest BCUT2D eigenvalue weighted by atomic mass is 19.4. The van der Waals surface area contributed by atoms with Crippen molar-refractivity contribution in [2.45, 2.75) is 25.1 Å². The van der Waals surface area contributed by atoms with Crippen molar-refractivity contribution in [3.05, 3.63) is 18.5 Å². The van der Waals surface area contributed by atoms with E-state index in [4.69, 9.17) is 0 Å². The summed E-state index contributed by atoms with van der Waals surface area (Å²) in [7, 11) is 0. The number of aromatic nitrogens is 5. The number of amides is 1. The highest BCUT2D eigenvalue weighted by Gasteiger charge is 2.33. The number of alkyl halides is 3. The molecule has 0 bridgehead atoms. The Morgan fingerprint density at radius 3 is 3.00 bits per heavy atom. The van der Waals surface area contributed by atoms with Gasteiger partial charge in [-0.15, -0.1) is 15.3 Å². The summed E-state index contributed by atoms with van der Waals surface area (Å²) < 4.78 is 36.9. The van der Waals surface area contributed by atoms with Crippen LogP contribution >= 0.6 is 0 Å². The minimum Gasteiger partial charge on any atom is -0.352 e. The Morgan fingerprint density at radius 2 is 2.19 bits per heavy atom. The third-order valence-electron chi connectivity index (χ3n) is 4.28. The molecule has 1 aliphatic heterocycles. The van der Waals surface area contributed by atoms with Gasteiger partial charge in [0, 0.05) is 30.7 Å². The molecule has 4 rings (SSSR count). The third-order valence-corrected chi connectivity index (χ3v) is 4.28. The van der Waals surface area contributed by atoms with Gasteiger partial charge in [-0.1, -0.05) is 0 Å². The lowest BCUT2D eigenvalue weighted by molar-refractivity contribution is -0.154. The zero-order valence-electron chi connectivity index (χ0n) is 13.4. The van der Waals surface area contributed by atoms with Gasteiger partial charge in [0.15, 0.2) is 11.5 Å². The standard InChI is InChI=1S/C15H14F3N7O/c16-15(17,18)5-11(26)21-8-2-4-25(7-8)14-12-9-1-3-19-13(9)23-22-10(12)6-20-24-14/h1,3,6,8H,2,4-5,7H2,(H,19,23)(H,21,26). The van der Waals surface area contributed by atoms with E-state index in [9.17, 15) is 18.0 Å². The molecule has 3 aromatic heterocycles. The van der Waals surface area contributed by atoms with Crippen LogP contribution < -0.4 is 10.2 Å². The maximum Gasteiger partial charge on any atom is 0.397 e. The molecular weight excluding hydrogens is 351 g/mol. The number of fused-ring (bicyclic) bond motifs is 3. The molecule has 8 nitrogen and oxygen atoms in total. The van der Waals surface area contributed by atoms with Gasteiger partial charge >= 0.3 is 6.18 Å². The van der Waals surface area contributed by atoms with E-state index in [2.05, 4.69) is 30.7 Å². The quantitative estimate of drug-likeness (QED) is 0.731. The highest BCUT2D eigenvalue weighted by molar-refractivity contribution is 6.08. The molecule has 1 unspecified atom stereocenters. The molecular formula is C15H14F3N7O. The Morgan fingerprint density at radius 1 is 1.35 bits per heavy atom. The molecule has 1 atom stereocenters. The molecule has 0 aliphatic carbocycles. The second kappa shape index (κ2) is 6.07. The normalized spacial score (nSPS) is 18.0. The molecule has 1 fully saturated rings. The Hall–Kier alpha value is -2.98. The molecule has 2 N–H and O–H groups in total. The average Bonchev–Trinajstić information content (AvgIpc) is 3.21. The Kier molecular flexibility index (Phi) is 3.85. The SMILES string of the molecule is O=C(CC(F)(F)F)NC1CCN(c2nncc3nnc4[nH]ccc4c23)C1. The molecule has 11 heteroatoms. The van der Waals surface area contributed by atoms with Gasteiger partial charge in [0.05, 0.1) is 11.6 Å². The van der Waals surface area contributed by atoms with E-state index >= 15 is 0 Å². The zero-order chi connectivity index (χ0) is 18.3. The summed E-state index contributed by atoms with van der Waals surface area (Å²) >= 11 is 0. The van der Waals surface area contributed by atoms with Crippen molar-refractivity contribution in [1.29, 1.82) is 0 Å². The van der Waals surface area contributed by atoms with Gasteiger partial charge in [-0.05, 0) is 12.5 Å². The van der Waals surface area contributed by atoms with Crippen LogP contribution in [0.2, 0.25) is 0 Å². The highest BCUT2D eigenvalue weighted by Crippen LogP contribution is 2.30. The first-order valence-corrected chi connectivity index (χ1v) is 7.97. The number of carbonyl (C=O) groups excluding carboxylic acids is 1. The number of H-pyrrole nitrogens is 1. The number of rotatable bonds is 3. The first-order valence-electron chi connectivity index (χ1n) is 7.97. The van der Waals surface area contributed by atoms with Gasteiger partial charge in [0.2, 0.25) is 5.91 Å². The molecule has 0 aromatic carbocycles. The van der Waals surface area contributed by atoms with E-state index in [1.807, 2.05) is 11.0 Å². The predicted octanol–water partition coefficient (Wildman–Crippen LogP) is 1.55. The second-order valence-corrected chi connectivity index (χ2v) is 6.16. The maximum atomic E-state index is 12.3. The van der Waals surface area contributed by atoms with Crippen LogP contribution in [0.25, 0.3) is 21.9 Å². The monoisotopic (exact) mass is 365 g/mol. The zero-order valence-corrected chi connectivity index (χ0v) is 13.4. The van der Waals surface area contributed by atoms with Crippen LogP contribution in [0.4, 0.5) is 19.0 Å². The van der Waals surface area contributed by atoms with Crippen molar-refractivity contribution in [3.8, 4) is 0 Å². The van der Waals surface area contributed by atoms with E-state index in [-0.39, 0.29) is 6.04 Å². The van der Waals surface area contributed by atoms with Crippen molar-refractivity contribution < 1.29 is 18.0 Å². The fourth-order valence-corrected chi connectivity index (χ4v) is 3.20. The first-order chi connectivity index (χ1) is 12.4. The van der Waals surface area contributed by atoms with Crippen LogP contribution in [0.3, 0.4) is 0 Å². The molecule has 1 amide bonds. The summed E-state index contributed by atoms with van der Waals surface area (Å²) in [5, 5.41) is 20.4. The Balaban J connectivity index is 1.58. The lowest BCUT2D eigenvalue weighted by Crippen LogP contribution is -2.39. The molecule has 1 saturated heterocycles. The summed E-state index contributed by atoms with van der Waals surface area (Å²) in [6.45, 7) is 0.893. The van der Waals surface area contributed by atoms with Crippen molar-refractivity contribution in [1.82, 2.24) is 30.7 Å². The van der Waals surface area contributed by atoms with Gasteiger partial charge in [-0.3, -0.25) is 4.79 Å². The Labute approximate surface area is 144 Å². The van der Waals surface area contributed by atoms with Crippen molar-refractivity contribution in [3.63, 3.8) is 0 Å². The number of carbonyl (C=O) groups is 1. The Bertz CT molecular complexity index is 971. The maximum absolute atomic E-state index is 12.3. The largest absolute Gasteiger partial charge is 0.397 e. The minimum atomic E-state index is -4.51. The second-order valence-electron chi connectivity index (χ2n) is 6.16. The van der Waals surface area contributed by atoms with Gasteiger partial charge in [-0.2, -0.15) is 18.3 Å². The summed E-state index contributed by atoms with van der Waals surface area (Å²) in [6, 6.07) is 1.48. The van der Waals surface area contributed by atoms with E-state index in [1.165, 1.54) is 6.20 Å². The molecule has 0 saturated carbocycles. The van der Waals surface area contributed by atoms with Crippen LogP contribution in [0, 0.1) is 0 Å². The molecule has 26 heavy (non-hydrogen) atoms. The van der Waals surface area contributed by atoms with Crippen LogP contribution in [0.5, 0.6) is 0 Å². The van der Waals surface area contributed by atoms with E-state index in [0.29, 0.717) is 36.5 Å². The summed E-state index contributed by atoms with van der Waals surface area (Å²) in [5.74, 6) is -0.443. The average molecular weight is 365 g/mol. The van der Waals surface area contributed by atoms with E-state index < -0.39 is 18.5 Å². The smallest absolute Gasteiger partial charge is 0.352 e. The number of anilines is 1. The summed E-state index contributed by atoms with van der Waals surface area (Å²) in [6.07, 6.45) is -2.21. The van der Waals surface area contributed by atoms with Gasteiger partial charge in [0.25, 0.3) is 0 Å². The number of hydrogen-bond donors (Lipinski definition) is 2. The number of aromatic amines is 1. The number of nitrogens with zero attached hydrogens (tertiary/aromatic N) is 5. The number of nitrogens with one attached hydrogen (secondary N) is 2. The van der Waals surface area contributed by atoms with Crippen LogP contribution in [-0.2, 0) is 4.79 Å². The molecule has 4 heterocycles. The van der Waals surface area contributed by atoms with Crippen LogP contribution in [0.15, 0.2) is 18.5 Å². The van der Waals surface area contributed by atoms with Crippen molar-refractivity contribution >= 4 is 33.7 Å². The summed E-state index contributed by atoms with van der Waals surface area (Å²) in [5.41, 5.74) is 1.19. The van der Waals surface area contributed by atoms with Gasteiger partial charge in [-0.25, -0.2) is 0 Å². The number of halogens is 3. The molecule has 136 valence electrons. The lowest BCUT2D eigenvalue weighted by Gasteiger charge is -2.19. The fraction of sp³-hybridized carbons (Fsp3) is 0.400. The van der Waals surface area contributed by atoms with Crippen LogP contribution in [-0.4, -0.2) is 56.6 Å². The van der Waals surface area contributed by atoms with Crippen molar-refractivity contribution in [2.75, 3.05) is 18.0 Å². The van der Waals surface area contributed by atoms with E-state index in [0.717, 1.165) is 10.8 Å². The minimum absolute atomic E-state index is 0.353. The van der Waals surface area contributed by atoms with Crippen LogP contribution in [0.1, 0.15) is 12.8 Å². The van der Waals surface area contributed by atoms with Crippen molar-refractivity contribution in [2.24, 2.45) is 0 Å². The molecule has 0 spiro atoms. The predicted molar refractivity (Wildman–Crippen MR) is 86.4 cm³/mol. The number of hydrogen-bond acceptors (Lipinski definition) is 6. The fourth-order valence-electron chi connectivity index (χ4n) is 3.20. The molecule has 3 aromatic rings. The van der Waals surface area contributed by atoms with Gasteiger partial charge in [0.1, 0.15) is 11.9 Å². The molecule has 1 aliphatic rings. The van der Waals surface area contributed by atoms with E-state index in [1.54, 1.807) is 6.20 Å². The molecule has 0 radical (unpaired) electrons.